The first-order chi connectivity index (χ1) is 16.4. The minimum absolute atomic E-state index is 0.0105. The van der Waals surface area contributed by atoms with Crippen molar-refractivity contribution in [2.24, 2.45) is 0 Å². The fraction of sp³-hybridized carbons (Fsp3) is 0.615. The van der Waals surface area contributed by atoms with E-state index in [0.29, 0.717) is 25.8 Å². The van der Waals surface area contributed by atoms with E-state index in [1.807, 2.05) is 0 Å². The first kappa shape index (κ1) is 29.1. The van der Waals surface area contributed by atoms with Crippen molar-refractivity contribution in [1.82, 2.24) is 10.6 Å². The second kappa shape index (κ2) is 17.6. The predicted octanol–water partition coefficient (Wildman–Crippen LogP) is 4.78. The van der Waals surface area contributed by atoms with E-state index in [1.165, 1.54) is 69.2 Å². The second-order valence-electron chi connectivity index (χ2n) is 8.64. The van der Waals surface area contributed by atoms with E-state index in [-0.39, 0.29) is 23.5 Å². The summed E-state index contributed by atoms with van der Waals surface area (Å²) in [6.45, 7) is 2.67. The number of unbranched alkanes of at least 4 members (excludes halogenated alkanes) is 9. The number of carboxylic acids is 2. The van der Waals surface area contributed by atoms with Gasteiger partial charge in [-0.25, -0.2) is 9.59 Å². The number of rotatable bonds is 19. The van der Waals surface area contributed by atoms with Crippen LogP contribution in [0.5, 0.6) is 0 Å². The van der Waals surface area contributed by atoms with Gasteiger partial charge in [-0.2, -0.15) is 0 Å². The van der Waals surface area contributed by atoms with Crippen LogP contribution in [0, 0.1) is 0 Å². The lowest BCUT2D eigenvalue weighted by Crippen LogP contribution is -2.41. The number of hydrogen-bond acceptors (Lipinski definition) is 4. The molecule has 0 saturated carbocycles. The minimum atomic E-state index is -1.25. The molecule has 0 fully saturated rings. The summed E-state index contributed by atoms with van der Waals surface area (Å²) in [7, 11) is 0. The van der Waals surface area contributed by atoms with E-state index in [0.717, 1.165) is 12.8 Å². The molecule has 34 heavy (non-hydrogen) atoms. The average Bonchev–Trinajstić information content (AvgIpc) is 2.81. The lowest BCUT2D eigenvalue weighted by molar-refractivity contribution is -0.139. The Morgan fingerprint density at radius 3 is 1.97 bits per heavy atom. The Hall–Kier alpha value is -2.90. The van der Waals surface area contributed by atoms with Gasteiger partial charge in [0.05, 0.1) is 11.1 Å². The number of benzene rings is 1. The molecule has 8 heteroatoms. The largest absolute Gasteiger partial charge is 0.480 e. The molecule has 0 radical (unpaired) electrons. The number of amides is 2. The van der Waals surface area contributed by atoms with E-state index >= 15 is 0 Å². The molecule has 0 aromatic heterocycles. The van der Waals surface area contributed by atoms with E-state index < -0.39 is 23.9 Å². The van der Waals surface area contributed by atoms with Crippen molar-refractivity contribution in [3.8, 4) is 0 Å². The van der Waals surface area contributed by atoms with E-state index in [9.17, 15) is 29.4 Å². The molecule has 0 aliphatic carbocycles. The van der Waals surface area contributed by atoms with Crippen molar-refractivity contribution >= 4 is 23.8 Å². The topological polar surface area (TPSA) is 133 Å². The maximum absolute atomic E-state index is 12.4. The van der Waals surface area contributed by atoms with Crippen LogP contribution in [0.4, 0.5) is 0 Å². The van der Waals surface area contributed by atoms with Gasteiger partial charge in [-0.15, -0.1) is 0 Å². The van der Waals surface area contributed by atoms with Crippen LogP contribution in [0.2, 0.25) is 0 Å². The van der Waals surface area contributed by atoms with Gasteiger partial charge in [0, 0.05) is 13.0 Å². The lowest BCUT2D eigenvalue weighted by Gasteiger charge is -2.15. The van der Waals surface area contributed by atoms with Crippen LogP contribution in [0.25, 0.3) is 0 Å². The number of hydrogen-bond donors (Lipinski definition) is 4. The number of carbonyl (C=O) groups excluding carboxylic acids is 2. The molecule has 2 amide bonds. The summed E-state index contributed by atoms with van der Waals surface area (Å²) in [4.78, 5) is 47.1. The number of aromatic carboxylic acids is 1. The van der Waals surface area contributed by atoms with Gasteiger partial charge in [0.25, 0.3) is 5.91 Å². The summed E-state index contributed by atoms with van der Waals surface area (Å²) in [5.74, 6) is -3.16. The van der Waals surface area contributed by atoms with Crippen molar-refractivity contribution in [2.45, 2.75) is 96.4 Å². The van der Waals surface area contributed by atoms with Gasteiger partial charge < -0.3 is 20.8 Å². The van der Waals surface area contributed by atoms with Crippen LogP contribution in [-0.4, -0.2) is 46.6 Å². The molecule has 0 spiro atoms. The molecule has 190 valence electrons. The van der Waals surface area contributed by atoms with E-state index in [1.54, 1.807) is 0 Å². The quantitative estimate of drug-likeness (QED) is 0.213. The number of carbonyl (C=O) groups is 4. The normalized spacial score (nSPS) is 11.6. The number of aliphatic carboxylic acids is 1. The van der Waals surface area contributed by atoms with Crippen LogP contribution < -0.4 is 10.6 Å². The molecule has 0 bridgehead atoms. The first-order valence-corrected chi connectivity index (χ1v) is 12.5. The second-order valence-corrected chi connectivity index (χ2v) is 8.64. The summed E-state index contributed by atoms with van der Waals surface area (Å²) in [6.07, 6.45) is 12.6. The molecule has 0 aliphatic rings. The average molecular weight is 477 g/mol. The fourth-order valence-corrected chi connectivity index (χ4v) is 3.75. The van der Waals surface area contributed by atoms with Crippen molar-refractivity contribution in [3.05, 3.63) is 35.4 Å². The number of nitrogens with one attached hydrogen (secondary N) is 2. The molecule has 0 unspecified atom stereocenters. The Balaban J connectivity index is 2.21. The van der Waals surface area contributed by atoms with Crippen molar-refractivity contribution in [3.63, 3.8) is 0 Å². The van der Waals surface area contributed by atoms with E-state index in [2.05, 4.69) is 17.6 Å². The van der Waals surface area contributed by atoms with Gasteiger partial charge in [0.2, 0.25) is 5.91 Å². The molecule has 0 aliphatic heterocycles. The maximum Gasteiger partial charge on any atom is 0.336 e. The zero-order valence-electron chi connectivity index (χ0n) is 20.3. The van der Waals surface area contributed by atoms with Gasteiger partial charge in [-0.3, -0.25) is 9.59 Å². The lowest BCUT2D eigenvalue weighted by atomic mass is 10.1. The van der Waals surface area contributed by atoms with Crippen LogP contribution >= 0.6 is 0 Å². The maximum atomic E-state index is 12.4. The minimum Gasteiger partial charge on any atom is -0.480 e. The molecule has 1 aromatic rings. The molecule has 1 rings (SSSR count). The van der Waals surface area contributed by atoms with Crippen LogP contribution in [0.15, 0.2) is 24.3 Å². The Bertz CT molecular complexity index is 780. The van der Waals surface area contributed by atoms with Gasteiger partial charge in [0.15, 0.2) is 0 Å². The molecule has 4 N–H and O–H groups in total. The summed E-state index contributed by atoms with van der Waals surface area (Å²) in [5.41, 5.74) is -0.260. The predicted molar refractivity (Wildman–Crippen MR) is 131 cm³/mol. The molecule has 1 atom stereocenters. The van der Waals surface area contributed by atoms with Crippen molar-refractivity contribution in [2.75, 3.05) is 6.54 Å². The Labute approximate surface area is 202 Å². The van der Waals surface area contributed by atoms with Crippen molar-refractivity contribution < 1.29 is 29.4 Å². The highest BCUT2D eigenvalue weighted by atomic mass is 16.4. The monoisotopic (exact) mass is 476 g/mol. The highest BCUT2D eigenvalue weighted by Crippen LogP contribution is 2.12. The van der Waals surface area contributed by atoms with Gasteiger partial charge >= 0.3 is 11.9 Å². The Kier molecular flexibility index (Phi) is 15.0. The molecular formula is C26H40N2O6. The van der Waals surface area contributed by atoms with Crippen LogP contribution in [-0.2, 0) is 9.59 Å². The summed E-state index contributed by atoms with van der Waals surface area (Å²) in [6, 6.07) is 4.53. The highest BCUT2D eigenvalue weighted by molar-refractivity contribution is 6.05. The SMILES string of the molecule is CCCCCCCCCCCC(=O)NCCCC[C@H](NC(=O)c1ccccc1C(=O)O)C(=O)O. The highest BCUT2D eigenvalue weighted by Gasteiger charge is 2.23. The third-order valence-corrected chi connectivity index (χ3v) is 5.75. The molecular weight excluding hydrogens is 436 g/mol. The Morgan fingerprint density at radius 2 is 1.38 bits per heavy atom. The molecule has 1 aromatic carbocycles. The summed E-state index contributed by atoms with van der Waals surface area (Å²) in [5, 5.41) is 23.9. The fourth-order valence-electron chi connectivity index (χ4n) is 3.75. The number of carboxylic acid groups (broad SMARTS) is 2. The van der Waals surface area contributed by atoms with E-state index in [4.69, 9.17) is 0 Å². The molecule has 0 heterocycles. The van der Waals surface area contributed by atoms with Crippen LogP contribution in [0.1, 0.15) is 111 Å². The first-order valence-electron chi connectivity index (χ1n) is 12.5. The molecule has 0 saturated heterocycles. The smallest absolute Gasteiger partial charge is 0.336 e. The van der Waals surface area contributed by atoms with Gasteiger partial charge in [0.1, 0.15) is 6.04 Å². The molecule has 8 nitrogen and oxygen atoms in total. The van der Waals surface area contributed by atoms with Gasteiger partial charge in [-0.05, 0) is 37.8 Å². The van der Waals surface area contributed by atoms with Gasteiger partial charge in [-0.1, -0.05) is 70.4 Å². The third-order valence-electron chi connectivity index (χ3n) is 5.75. The van der Waals surface area contributed by atoms with Crippen molar-refractivity contribution in [1.29, 1.82) is 0 Å². The third kappa shape index (κ3) is 12.4. The standard InChI is InChI=1S/C26H40N2O6/c1-2-3-4-5-6-7-8-9-10-18-23(29)27-19-14-13-17-22(26(33)34)28-24(30)20-15-11-12-16-21(20)25(31)32/h11-12,15-16,22H,2-10,13-14,17-19H2,1H3,(H,27,29)(H,28,30)(H,31,32)(H,33,34)/t22-/m0/s1. The Morgan fingerprint density at radius 1 is 0.794 bits per heavy atom. The summed E-state index contributed by atoms with van der Waals surface area (Å²) < 4.78 is 0. The van der Waals surface area contributed by atoms with Crippen LogP contribution in [0.3, 0.4) is 0 Å². The zero-order chi connectivity index (χ0) is 25.2. The zero-order valence-corrected chi connectivity index (χ0v) is 20.3. The summed E-state index contributed by atoms with van der Waals surface area (Å²) >= 11 is 0.